The zero-order chi connectivity index (χ0) is 28.2. The fourth-order valence-electron chi connectivity index (χ4n) is 4.79. The van der Waals surface area contributed by atoms with Gasteiger partial charge >= 0.3 is 0 Å². The number of aliphatic hydroxyl groups is 1. The summed E-state index contributed by atoms with van der Waals surface area (Å²) in [6.07, 6.45) is 3.51. The maximum atomic E-state index is 13.2. The van der Waals surface area contributed by atoms with E-state index in [4.69, 9.17) is 23.2 Å². The van der Waals surface area contributed by atoms with E-state index in [0.717, 1.165) is 40.1 Å². The Morgan fingerprint density at radius 3 is 2.54 bits per heavy atom. The van der Waals surface area contributed by atoms with Gasteiger partial charge < -0.3 is 15.7 Å². The molecule has 0 unspecified atom stereocenters. The van der Waals surface area contributed by atoms with E-state index < -0.39 is 28.1 Å². The normalized spacial score (nSPS) is 15.9. The van der Waals surface area contributed by atoms with Crippen molar-refractivity contribution < 1.29 is 23.1 Å². The lowest BCUT2D eigenvalue weighted by Gasteiger charge is -2.24. The molecule has 0 bridgehead atoms. The number of fused-ring (bicyclic) bond motifs is 1. The summed E-state index contributed by atoms with van der Waals surface area (Å²) >= 11 is 13.3. The molecule has 12 heteroatoms. The number of carbonyl (C=O) groups excluding carboxylic acids is 2. The molecule has 3 N–H and O–H groups in total. The molecule has 3 aromatic rings. The Balaban J connectivity index is 1.38. The van der Waals surface area contributed by atoms with Crippen LogP contribution in [0.15, 0.2) is 53.4 Å². The lowest BCUT2D eigenvalue weighted by Crippen LogP contribution is -2.50. The number of hydrogen-bond donors (Lipinski definition) is 3. The number of nitrogens with one attached hydrogen (secondary N) is 2. The van der Waals surface area contributed by atoms with E-state index in [1.807, 2.05) is 30.3 Å². The molecule has 1 aliphatic carbocycles. The quantitative estimate of drug-likeness (QED) is 0.291. The van der Waals surface area contributed by atoms with Gasteiger partial charge in [0.05, 0.1) is 16.0 Å². The summed E-state index contributed by atoms with van der Waals surface area (Å²) in [5.74, 6) is -0.406. The molecule has 0 spiro atoms. The van der Waals surface area contributed by atoms with Crippen LogP contribution in [0.2, 0.25) is 10.0 Å². The molecule has 0 radical (unpaired) electrons. The van der Waals surface area contributed by atoms with E-state index >= 15 is 0 Å². The third-order valence-electron chi connectivity index (χ3n) is 6.88. The Hall–Kier alpha value is -2.21. The second-order valence-electron chi connectivity index (χ2n) is 9.82. The molecule has 1 heterocycles. The van der Waals surface area contributed by atoms with Gasteiger partial charge in [-0.3, -0.25) is 9.59 Å². The highest BCUT2D eigenvalue weighted by atomic mass is 35.5. The number of carbonyl (C=O) groups is 2. The summed E-state index contributed by atoms with van der Waals surface area (Å²) in [6, 6.07) is 12.8. The van der Waals surface area contributed by atoms with Gasteiger partial charge in [0.1, 0.15) is 10.9 Å². The molecular formula is C27H31Cl2N3O5S2. The van der Waals surface area contributed by atoms with Crippen molar-refractivity contribution in [1.82, 2.24) is 14.9 Å². The number of sulfonamides is 1. The van der Waals surface area contributed by atoms with Gasteiger partial charge in [-0.05, 0) is 48.1 Å². The zero-order valence-electron chi connectivity index (χ0n) is 21.4. The van der Waals surface area contributed by atoms with Gasteiger partial charge in [-0.15, -0.1) is 11.3 Å². The molecule has 4 rings (SSSR count). The molecule has 2 atom stereocenters. The SMILES string of the molecule is CN(C[C@H](O)CNC(=O)[C@H](CC1CCCC1)NC(=O)c1cc2ccccc2s1)S(=O)(=O)c1ccc(Cl)cc1Cl. The molecule has 1 aliphatic rings. The number of hydrogen-bond acceptors (Lipinski definition) is 6. The summed E-state index contributed by atoms with van der Waals surface area (Å²) in [6.45, 7) is -0.462. The van der Waals surface area contributed by atoms with Crippen LogP contribution in [0.3, 0.4) is 0 Å². The maximum Gasteiger partial charge on any atom is 0.262 e. The molecule has 0 aliphatic heterocycles. The topological polar surface area (TPSA) is 116 Å². The zero-order valence-corrected chi connectivity index (χ0v) is 24.5. The lowest BCUT2D eigenvalue weighted by atomic mass is 9.97. The average Bonchev–Trinajstić information content (AvgIpc) is 3.56. The first-order valence-electron chi connectivity index (χ1n) is 12.7. The molecule has 210 valence electrons. The Bertz CT molecular complexity index is 1410. The van der Waals surface area contributed by atoms with Crippen LogP contribution in [0.4, 0.5) is 0 Å². The Morgan fingerprint density at radius 1 is 1.13 bits per heavy atom. The number of halogens is 2. The number of aliphatic hydroxyl groups excluding tert-OH is 1. The van der Waals surface area contributed by atoms with Crippen molar-refractivity contribution in [2.45, 2.75) is 49.1 Å². The van der Waals surface area contributed by atoms with Crippen molar-refractivity contribution in [3.63, 3.8) is 0 Å². The van der Waals surface area contributed by atoms with E-state index in [2.05, 4.69) is 10.6 Å². The first kappa shape index (κ1) is 29.8. The molecule has 2 amide bonds. The third kappa shape index (κ3) is 7.50. The van der Waals surface area contributed by atoms with E-state index in [0.29, 0.717) is 22.2 Å². The van der Waals surface area contributed by atoms with E-state index in [9.17, 15) is 23.1 Å². The van der Waals surface area contributed by atoms with Gasteiger partial charge in [0, 0.05) is 29.9 Å². The number of amides is 2. The number of benzene rings is 2. The highest BCUT2D eigenvalue weighted by Gasteiger charge is 2.29. The van der Waals surface area contributed by atoms with Crippen LogP contribution in [0, 0.1) is 5.92 Å². The van der Waals surface area contributed by atoms with Crippen LogP contribution >= 0.6 is 34.5 Å². The van der Waals surface area contributed by atoms with Crippen LogP contribution in [0.1, 0.15) is 41.8 Å². The van der Waals surface area contributed by atoms with Gasteiger partial charge in [-0.2, -0.15) is 4.31 Å². The summed E-state index contributed by atoms with van der Waals surface area (Å²) in [5.41, 5.74) is 0. The minimum absolute atomic E-state index is 0.0266. The maximum absolute atomic E-state index is 13.2. The third-order valence-corrected chi connectivity index (χ3v) is 10.5. The predicted octanol–water partition coefficient (Wildman–Crippen LogP) is 4.68. The number of thiophene rings is 1. The number of likely N-dealkylation sites (N-methyl/N-ethyl adjacent to an activating group) is 1. The van der Waals surface area contributed by atoms with Crippen molar-refractivity contribution in [2.75, 3.05) is 20.1 Å². The molecule has 1 saturated carbocycles. The smallest absolute Gasteiger partial charge is 0.262 e. The molecular weight excluding hydrogens is 581 g/mol. The first-order valence-corrected chi connectivity index (χ1v) is 15.7. The number of rotatable bonds is 11. The fraction of sp³-hybridized carbons (Fsp3) is 0.407. The van der Waals surface area contributed by atoms with Gasteiger partial charge in [-0.1, -0.05) is 67.1 Å². The Morgan fingerprint density at radius 2 is 1.85 bits per heavy atom. The lowest BCUT2D eigenvalue weighted by molar-refractivity contribution is -0.123. The molecule has 39 heavy (non-hydrogen) atoms. The Kier molecular flexibility index (Phi) is 9.90. The first-order chi connectivity index (χ1) is 18.5. The molecule has 1 aromatic heterocycles. The monoisotopic (exact) mass is 611 g/mol. The van der Waals surface area contributed by atoms with Crippen molar-refractivity contribution in [2.24, 2.45) is 5.92 Å². The molecule has 8 nitrogen and oxygen atoms in total. The fourth-order valence-corrected chi connectivity index (χ4v) is 7.70. The van der Waals surface area contributed by atoms with Gasteiger partial charge in [0.2, 0.25) is 15.9 Å². The molecule has 2 aromatic carbocycles. The summed E-state index contributed by atoms with van der Waals surface area (Å²) < 4.78 is 27.8. The van der Waals surface area contributed by atoms with Crippen molar-refractivity contribution in [3.8, 4) is 0 Å². The Labute approximate surface area is 242 Å². The standard InChI is InChI=1S/C27H31Cl2N3O5S2/c1-32(39(36,37)25-11-10-19(28)14-21(25)29)16-20(33)15-30-26(34)22(12-17-6-2-3-7-17)31-27(35)24-13-18-8-4-5-9-23(18)38-24/h4-5,8-11,13-14,17,20,22,33H,2-3,6-7,12,15-16H2,1H3,(H,30,34)(H,31,35)/t20-,22+/m1/s1. The predicted molar refractivity (Wildman–Crippen MR) is 155 cm³/mol. The van der Waals surface area contributed by atoms with Crippen LogP contribution < -0.4 is 10.6 Å². The summed E-state index contributed by atoms with van der Waals surface area (Å²) in [5, 5.41) is 17.4. The van der Waals surface area contributed by atoms with E-state index in [-0.39, 0.29) is 28.9 Å². The highest BCUT2D eigenvalue weighted by Crippen LogP contribution is 2.30. The second-order valence-corrected chi connectivity index (χ2v) is 13.8. The van der Waals surface area contributed by atoms with E-state index in [1.54, 1.807) is 0 Å². The largest absolute Gasteiger partial charge is 0.390 e. The molecule has 1 fully saturated rings. The van der Waals surface area contributed by atoms with Crippen LogP contribution in [-0.4, -0.2) is 61.9 Å². The van der Waals surface area contributed by atoms with Crippen LogP contribution in [0.5, 0.6) is 0 Å². The van der Waals surface area contributed by atoms with Crippen LogP contribution in [0.25, 0.3) is 10.1 Å². The van der Waals surface area contributed by atoms with Crippen molar-refractivity contribution >= 4 is 66.5 Å². The minimum atomic E-state index is -4.00. The van der Waals surface area contributed by atoms with Crippen LogP contribution in [-0.2, 0) is 14.8 Å². The van der Waals surface area contributed by atoms with Crippen molar-refractivity contribution in [1.29, 1.82) is 0 Å². The second kappa shape index (κ2) is 13.0. The summed E-state index contributed by atoms with van der Waals surface area (Å²) in [7, 11) is -2.68. The van der Waals surface area contributed by atoms with Gasteiger partial charge in [-0.25, -0.2) is 8.42 Å². The average molecular weight is 613 g/mol. The van der Waals surface area contributed by atoms with E-state index in [1.165, 1.54) is 36.6 Å². The van der Waals surface area contributed by atoms with Gasteiger partial charge in [0.15, 0.2) is 0 Å². The van der Waals surface area contributed by atoms with Crippen molar-refractivity contribution in [3.05, 3.63) is 63.5 Å². The number of nitrogens with zero attached hydrogens (tertiary/aromatic N) is 1. The van der Waals surface area contributed by atoms with Gasteiger partial charge in [0.25, 0.3) is 5.91 Å². The minimum Gasteiger partial charge on any atom is -0.390 e. The summed E-state index contributed by atoms with van der Waals surface area (Å²) in [4.78, 5) is 26.6. The molecule has 0 saturated heterocycles. The highest BCUT2D eigenvalue weighted by molar-refractivity contribution is 7.89.